The third-order valence-corrected chi connectivity index (χ3v) is 4.54. The van der Waals surface area contributed by atoms with Crippen LogP contribution >= 0.6 is 0 Å². The Balaban J connectivity index is 7.00. The molecule has 0 aromatic heterocycles. The van der Waals surface area contributed by atoms with Gasteiger partial charge in [-0.1, -0.05) is 6.92 Å². The van der Waals surface area contributed by atoms with Crippen molar-refractivity contribution in [1.29, 1.82) is 0 Å². The first kappa shape index (κ1) is 34.5. The van der Waals surface area contributed by atoms with Crippen molar-refractivity contribution >= 4 is 0 Å². The standard InChI is InChI=1S/C14H9F21O/c1-2-4(36)3-5(15,16)6(17,18)7(19,20)8(21,22)9(23,24)10(25,26)11(27,28)12(29,30)13(31,32)14(33,34)35/h4,36H,2-3H2,1H3. The number of aliphatic hydroxyl groups excluding tert-OH is 1. The van der Waals surface area contributed by atoms with Gasteiger partial charge >= 0.3 is 59.5 Å². The normalized spacial score (nSPS) is 17.4. The van der Waals surface area contributed by atoms with Crippen molar-refractivity contribution in [3.05, 3.63) is 0 Å². The summed E-state index contributed by atoms with van der Waals surface area (Å²) in [6, 6.07) is 0. The minimum absolute atomic E-state index is 0.666. The minimum atomic E-state index is -9.18. The first-order chi connectivity index (χ1) is 15.2. The van der Waals surface area contributed by atoms with Gasteiger partial charge in [-0.25, -0.2) is 0 Å². The Morgan fingerprint density at radius 3 is 0.861 bits per heavy atom. The highest BCUT2D eigenvalue weighted by Gasteiger charge is 2.97. The van der Waals surface area contributed by atoms with Crippen molar-refractivity contribution in [3.63, 3.8) is 0 Å². The summed E-state index contributed by atoms with van der Waals surface area (Å²) in [7, 11) is 0. The summed E-state index contributed by atoms with van der Waals surface area (Å²) in [5.74, 6) is -77.1. The molecule has 0 aromatic rings. The van der Waals surface area contributed by atoms with E-state index in [1.165, 1.54) is 0 Å². The van der Waals surface area contributed by atoms with E-state index in [2.05, 4.69) is 0 Å². The molecule has 0 aromatic carbocycles. The van der Waals surface area contributed by atoms with E-state index >= 15 is 0 Å². The molecular weight excluding hydrogens is 583 g/mol. The van der Waals surface area contributed by atoms with Crippen LogP contribution in [-0.4, -0.2) is 70.7 Å². The number of alkyl halides is 21. The molecule has 22 heteroatoms. The van der Waals surface area contributed by atoms with Crippen molar-refractivity contribution in [2.24, 2.45) is 0 Å². The largest absolute Gasteiger partial charge is 0.460 e. The van der Waals surface area contributed by atoms with Gasteiger partial charge in [0.05, 0.1) is 6.10 Å². The summed E-state index contributed by atoms with van der Waals surface area (Å²) < 4.78 is 275. The van der Waals surface area contributed by atoms with Crippen LogP contribution in [0.25, 0.3) is 0 Å². The number of rotatable bonds is 11. The molecule has 1 unspecified atom stereocenters. The summed E-state index contributed by atoms with van der Waals surface area (Å²) in [6.07, 6.45) is -14.8. The number of hydrogen-bond donors (Lipinski definition) is 1. The van der Waals surface area contributed by atoms with Crippen molar-refractivity contribution < 1.29 is 97.3 Å². The van der Waals surface area contributed by atoms with E-state index in [0.717, 1.165) is 0 Å². The van der Waals surface area contributed by atoms with E-state index in [4.69, 9.17) is 5.11 Å². The second-order valence-corrected chi connectivity index (χ2v) is 7.06. The van der Waals surface area contributed by atoms with Crippen LogP contribution in [-0.2, 0) is 0 Å². The zero-order chi connectivity index (χ0) is 30.0. The summed E-state index contributed by atoms with van der Waals surface area (Å²) in [5.41, 5.74) is 0. The van der Waals surface area contributed by atoms with Crippen LogP contribution in [0.4, 0.5) is 92.2 Å². The second-order valence-electron chi connectivity index (χ2n) is 7.06. The van der Waals surface area contributed by atoms with Crippen LogP contribution in [0.15, 0.2) is 0 Å². The highest BCUT2D eigenvalue weighted by Crippen LogP contribution is 2.66. The van der Waals surface area contributed by atoms with Gasteiger partial charge in [0.2, 0.25) is 0 Å². The zero-order valence-electron chi connectivity index (χ0n) is 16.4. The molecule has 0 aliphatic rings. The molecule has 0 rings (SSSR count). The molecule has 0 aliphatic carbocycles. The zero-order valence-corrected chi connectivity index (χ0v) is 16.4. The van der Waals surface area contributed by atoms with Crippen molar-refractivity contribution in [2.45, 2.75) is 85.3 Å². The van der Waals surface area contributed by atoms with Crippen molar-refractivity contribution in [1.82, 2.24) is 0 Å². The molecule has 218 valence electrons. The van der Waals surface area contributed by atoms with Gasteiger partial charge in [0.1, 0.15) is 0 Å². The number of aliphatic hydroxyl groups is 1. The van der Waals surface area contributed by atoms with Gasteiger partial charge in [0.25, 0.3) is 0 Å². The molecular formula is C14H9F21O. The van der Waals surface area contributed by atoms with E-state index < -0.39 is 78.4 Å². The number of hydrogen-bond acceptors (Lipinski definition) is 1. The summed E-state index contributed by atoms with van der Waals surface area (Å²) in [4.78, 5) is 0. The first-order valence-corrected chi connectivity index (χ1v) is 8.35. The maximum Gasteiger partial charge on any atom is 0.460 e. The highest BCUT2D eigenvalue weighted by molar-refractivity contribution is 5.18. The maximum atomic E-state index is 13.5. The Morgan fingerprint density at radius 2 is 0.639 bits per heavy atom. The lowest BCUT2D eigenvalue weighted by Gasteiger charge is -2.44. The van der Waals surface area contributed by atoms with Crippen LogP contribution in [0.3, 0.4) is 0 Å². The monoisotopic (exact) mass is 592 g/mol. The van der Waals surface area contributed by atoms with E-state index in [0.29, 0.717) is 6.92 Å². The molecule has 0 aliphatic heterocycles. The predicted molar refractivity (Wildman–Crippen MR) is 71.5 cm³/mol. The van der Waals surface area contributed by atoms with Gasteiger partial charge in [-0.05, 0) is 6.42 Å². The number of halogens is 21. The Labute approximate surface area is 184 Å². The molecule has 0 amide bonds. The quantitative estimate of drug-likeness (QED) is 0.248. The predicted octanol–water partition coefficient (Wildman–Crippen LogP) is 7.43. The van der Waals surface area contributed by atoms with E-state index in [-0.39, 0.29) is 0 Å². The Hall–Kier alpha value is -1.51. The summed E-state index contributed by atoms with van der Waals surface area (Å²) in [5, 5.41) is 8.79. The van der Waals surface area contributed by atoms with Gasteiger partial charge in [0.15, 0.2) is 0 Å². The summed E-state index contributed by atoms with van der Waals surface area (Å²) >= 11 is 0. The third kappa shape index (κ3) is 4.31. The Bertz CT molecular complexity index is 778. The molecule has 0 fully saturated rings. The van der Waals surface area contributed by atoms with Gasteiger partial charge in [-0.3, -0.25) is 0 Å². The lowest BCUT2D eigenvalue weighted by molar-refractivity contribution is -0.474. The molecule has 0 saturated carbocycles. The maximum absolute atomic E-state index is 13.5. The van der Waals surface area contributed by atoms with Gasteiger partial charge in [0, 0.05) is 6.42 Å². The third-order valence-electron chi connectivity index (χ3n) is 4.54. The lowest BCUT2D eigenvalue weighted by atomic mass is 9.85. The molecule has 0 spiro atoms. The smallest absolute Gasteiger partial charge is 0.393 e. The van der Waals surface area contributed by atoms with E-state index in [1.807, 2.05) is 0 Å². The van der Waals surface area contributed by atoms with E-state index in [1.54, 1.807) is 0 Å². The van der Waals surface area contributed by atoms with E-state index in [9.17, 15) is 92.2 Å². The molecule has 1 atom stereocenters. The minimum Gasteiger partial charge on any atom is -0.393 e. The molecule has 0 saturated heterocycles. The summed E-state index contributed by atoms with van der Waals surface area (Å²) in [6.45, 7) is 0.666. The fraction of sp³-hybridized carbons (Fsp3) is 1.00. The second kappa shape index (κ2) is 8.77. The van der Waals surface area contributed by atoms with Gasteiger partial charge < -0.3 is 5.11 Å². The molecule has 0 heterocycles. The van der Waals surface area contributed by atoms with Crippen LogP contribution in [0.5, 0.6) is 0 Å². The van der Waals surface area contributed by atoms with Crippen LogP contribution in [0, 0.1) is 0 Å². The van der Waals surface area contributed by atoms with Crippen LogP contribution < -0.4 is 0 Å². The van der Waals surface area contributed by atoms with Gasteiger partial charge in [-0.2, -0.15) is 92.2 Å². The highest BCUT2D eigenvalue weighted by atomic mass is 19.4. The Morgan fingerprint density at radius 1 is 0.417 bits per heavy atom. The van der Waals surface area contributed by atoms with Crippen molar-refractivity contribution in [2.75, 3.05) is 0 Å². The first-order valence-electron chi connectivity index (χ1n) is 8.35. The Kier molecular flexibility index (Phi) is 8.40. The van der Waals surface area contributed by atoms with Crippen LogP contribution in [0.1, 0.15) is 19.8 Å². The lowest BCUT2D eigenvalue weighted by Crippen LogP contribution is -2.76. The molecule has 1 nitrogen and oxygen atoms in total. The molecule has 1 N–H and O–H groups in total. The average molecular weight is 592 g/mol. The molecule has 0 bridgehead atoms. The fourth-order valence-corrected chi connectivity index (χ4v) is 2.16. The SMILES string of the molecule is CCC(O)CC(F)(F)C(F)(F)C(F)(F)C(F)(F)C(F)(F)C(F)(F)C(F)(F)C(F)(F)C(F)(F)C(F)(F)F. The molecule has 36 heavy (non-hydrogen) atoms. The van der Waals surface area contributed by atoms with Gasteiger partial charge in [-0.15, -0.1) is 0 Å². The van der Waals surface area contributed by atoms with Crippen molar-refractivity contribution in [3.8, 4) is 0 Å². The topological polar surface area (TPSA) is 20.2 Å². The molecule has 0 radical (unpaired) electrons. The average Bonchev–Trinajstić information content (AvgIpc) is 2.65. The van der Waals surface area contributed by atoms with Crippen LogP contribution in [0.2, 0.25) is 0 Å². The fourth-order valence-electron chi connectivity index (χ4n) is 2.16.